The van der Waals surface area contributed by atoms with Crippen LogP contribution < -0.4 is 0 Å². The molecule has 138 valence electrons. The fourth-order valence-corrected chi connectivity index (χ4v) is 2.88. The fraction of sp³-hybridized carbons (Fsp3) is 0.316. The van der Waals surface area contributed by atoms with Gasteiger partial charge in [0.05, 0.1) is 11.3 Å². The molecule has 0 spiro atoms. The maximum Gasteiger partial charge on any atom is 0.293 e. The Labute approximate surface area is 154 Å². The SMILES string of the molecule is C=CN=C(/C=C\C)C(=O)N1N=C(c2cccc(C(F)(F)P)c2)CC1(C)C. The number of benzene rings is 1. The van der Waals surface area contributed by atoms with Crippen molar-refractivity contribution >= 4 is 26.6 Å². The third-order valence-electron chi connectivity index (χ3n) is 3.94. The number of hydrazone groups is 1. The minimum absolute atomic E-state index is 0.117. The minimum atomic E-state index is -3.02. The first-order valence-electron chi connectivity index (χ1n) is 8.11. The number of hydrogen-bond acceptors (Lipinski definition) is 3. The molecule has 0 fully saturated rings. The van der Waals surface area contributed by atoms with Gasteiger partial charge in [-0.05, 0) is 38.5 Å². The van der Waals surface area contributed by atoms with E-state index in [1.165, 1.54) is 32.6 Å². The van der Waals surface area contributed by atoms with E-state index in [0.717, 1.165) is 0 Å². The number of carbonyl (C=O) groups is 1. The van der Waals surface area contributed by atoms with Gasteiger partial charge < -0.3 is 0 Å². The summed E-state index contributed by atoms with van der Waals surface area (Å²) in [7, 11) is 1.53. The molecule has 0 aromatic heterocycles. The molecule has 1 amide bonds. The second kappa shape index (κ2) is 7.58. The Morgan fingerprint density at radius 1 is 1.46 bits per heavy atom. The lowest BCUT2D eigenvalue weighted by molar-refractivity contribution is -0.127. The zero-order chi connectivity index (χ0) is 19.5. The smallest absolute Gasteiger partial charge is 0.265 e. The lowest BCUT2D eigenvalue weighted by atomic mass is 9.94. The molecule has 1 atom stereocenters. The maximum absolute atomic E-state index is 13.6. The zero-order valence-corrected chi connectivity index (χ0v) is 16.2. The average molecular weight is 377 g/mol. The van der Waals surface area contributed by atoms with E-state index in [9.17, 15) is 13.6 Å². The Kier molecular flexibility index (Phi) is 5.87. The van der Waals surface area contributed by atoms with Crippen LogP contribution in [0, 0.1) is 0 Å². The highest BCUT2D eigenvalue weighted by Crippen LogP contribution is 2.36. The van der Waals surface area contributed by atoms with E-state index in [0.29, 0.717) is 17.7 Å². The number of rotatable bonds is 5. The van der Waals surface area contributed by atoms with Gasteiger partial charge in [-0.3, -0.25) is 9.79 Å². The molecule has 0 saturated carbocycles. The number of carbonyl (C=O) groups excluding carboxylic acids is 1. The van der Waals surface area contributed by atoms with Crippen LogP contribution in [0.3, 0.4) is 0 Å². The van der Waals surface area contributed by atoms with Crippen LogP contribution in [0.5, 0.6) is 0 Å². The standard InChI is InChI=1S/C19H22F2N3OP/c1-5-8-15(22-6-2)17(25)24-18(3,4)12-16(23-24)13-9-7-10-14(11-13)19(20,21)26/h5-11H,2,12,26H2,1,3-4H3/b8-5-,22-15?. The molecule has 7 heteroatoms. The topological polar surface area (TPSA) is 45.0 Å². The molecule has 1 aromatic carbocycles. The molecule has 0 aliphatic carbocycles. The minimum Gasteiger partial charge on any atom is -0.265 e. The van der Waals surface area contributed by atoms with Crippen LogP contribution in [-0.2, 0) is 10.5 Å². The first-order chi connectivity index (χ1) is 12.1. The molecule has 0 saturated heterocycles. The van der Waals surface area contributed by atoms with E-state index in [4.69, 9.17) is 0 Å². The highest BCUT2D eigenvalue weighted by atomic mass is 31.0. The van der Waals surface area contributed by atoms with E-state index in [-0.39, 0.29) is 17.2 Å². The first-order valence-corrected chi connectivity index (χ1v) is 8.69. The summed E-state index contributed by atoms with van der Waals surface area (Å²) in [6.45, 7) is 9.05. The molecule has 1 unspecified atom stereocenters. The molecule has 1 heterocycles. The van der Waals surface area contributed by atoms with Crippen molar-refractivity contribution < 1.29 is 13.6 Å². The second-order valence-electron chi connectivity index (χ2n) is 6.55. The van der Waals surface area contributed by atoms with Crippen molar-refractivity contribution in [1.82, 2.24) is 5.01 Å². The van der Waals surface area contributed by atoms with Gasteiger partial charge in [-0.15, -0.1) is 0 Å². The lowest BCUT2D eigenvalue weighted by Crippen LogP contribution is -2.43. The number of hydrogen-bond donors (Lipinski definition) is 0. The number of amides is 1. The molecular weight excluding hydrogens is 355 g/mol. The molecule has 0 bridgehead atoms. The molecule has 2 rings (SSSR count). The Morgan fingerprint density at radius 3 is 2.73 bits per heavy atom. The summed E-state index contributed by atoms with van der Waals surface area (Å²) in [5.41, 5.74) is -2.37. The van der Waals surface area contributed by atoms with Gasteiger partial charge in [0.2, 0.25) is 0 Å². The summed E-state index contributed by atoms with van der Waals surface area (Å²) >= 11 is 0. The quantitative estimate of drug-likeness (QED) is 0.551. The van der Waals surface area contributed by atoms with E-state index in [2.05, 4.69) is 16.7 Å². The van der Waals surface area contributed by atoms with E-state index in [1.54, 1.807) is 31.2 Å². The summed E-state index contributed by atoms with van der Waals surface area (Å²) in [4.78, 5) is 16.8. The molecule has 0 N–H and O–H groups in total. The zero-order valence-electron chi connectivity index (χ0n) is 15.0. The molecule has 1 aromatic rings. The molecule has 1 aliphatic rings. The van der Waals surface area contributed by atoms with Crippen molar-refractivity contribution in [3.05, 3.63) is 60.3 Å². The van der Waals surface area contributed by atoms with E-state index in [1.807, 2.05) is 13.8 Å². The Morgan fingerprint density at radius 2 is 2.15 bits per heavy atom. The van der Waals surface area contributed by atoms with Gasteiger partial charge in [-0.2, -0.15) is 13.9 Å². The summed E-state index contributed by atoms with van der Waals surface area (Å²) in [6, 6.07) is 6.04. The van der Waals surface area contributed by atoms with Gasteiger partial charge in [0.25, 0.3) is 11.6 Å². The number of alkyl halides is 2. The summed E-state index contributed by atoms with van der Waals surface area (Å²) < 4.78 is 27.2. The third kappa shape index (κ3) is 4.31. The van der Waals surface area contributed by atoms with Crippen molar-refractivity contribution in [2.75, 3.05) is 0 Å². The van der Waals surface area contributed by atoms with Crippen molar-refractivity contribution in [2.24, 2.45) is 10.1 Å². The fourth-order valence-electron chi connectivity index (χ4n) is 2.70. The summed E-state index contributed by atoms with van der Waals surface area (Å²) in [5, 5.41) is 5.78. The van der Waals surface area contributed by atoms with Crippen molar-refractivity contribution in [3.8, 4) is 0 Å². The van der Waals surface area contributed by atoms with Crippen LogP contribution in [0.4, 0.5) is 8.78 Å². The van der Waals surface area contributed by atoms with Crippen LogP contribution in [0.15, 0.2) is 59.3 Å². The predicted octanol–water partition coefficient (Wildman–Crippen LogP) is 4.49. The van der Waals surface area contributed by atoms with Crippen LogP contribution in [-0.4, -0.2) is 27.9 Å². The number of allylic oxidation sites excluding steroid dienone is 1. The van der Waals surface area contributed by atoms with Crippen LogP contribution in [0.2, 0.25) is 0 Å². The van der Waals surface area contributed by atoms with Crippen molar-refractivity contribution in [2.45, 2.75) is 38.4 Å². The van der Waals surface area contributed by atoms with Gasteiger partial charge in [0.15, 0.2) is 0 Å². The van der Waals surface area contributed by atoms with Gasteiger partial charge in [-0.25, -0.2) is 5.01 Å². The molecule has 0 radical (unpaired) electrons. The van der Waals surface area contributed by atoms with Crippen molar-refractivity contribution in [1.29, 1.82) is 0 Å². The number of halogens is 2. The van der Waals surface area contributed by atoms with E-state index < -0.39 is 11.2 Å². The number of nitrogens with zero attached hydrogens (tertiary/aromatic N) is 3. The van der Waals surface area contributed by atoms with Gasteiger partial charge >= 0.3 is 0 Å². The maximum atomic E-state index is 13.6. The predicted molar refractivity (Wildman–Crippen MR) is 105 cm³/mol. The highest BCUT2D eigenvalue weighted by Gasteiger charge is 2.40. The van der Waals surface area contributed by atoms with Crippen LogP contribution in [0.1, 0.15) is 38.3 Å². The molecular formula is C19H22F2N3OP. The largest absolute Gasteiger partial charge is 0.293 e. The Hall–Kier alpha value is -2.20. The normalized spacial score (nSPS) is 17.5. The van der Waals surface area contributed by atoms with Crippen LogP contribution in [0.25, 0.3) is 0 Å². The lowest BCUT2D eigenvalue weighted by Gasteiger charge is -2.28. The molecule has 4 nitrogen and oxygen atoms in total. The second-order valence-corrected chi connectivity index (χ2v) is 7.28. The monoisotopic (exact) mass is 377 g/mol. The Balaban J connectivity index is 2.42. The van der Waals surface area contributed by atoms with E-state index >= 15 is 0 Å². The van der Waals surface area contributed by atoms with Crippen molar-refractivity contribution in [3.63, 3.8) is 0 Å². The summed E-state index contributed by atoms with van der Waals surface area (Å²) in [6.07, 6.45) is 5.04. The third-order valence-corrected chi connectivity index (χ3v) is 4.27. The highest BCUT2D eigenvalue weighted by molar-refractivity contribution is 7.17. The number of aliphatic imine (C=N–C) groups is 1. The Bertz CT molecular complexity index is 807. The average Bonchev–Trinajstić information content (AvgIpc) is 2.89. The van der Waals surface area contributed by atoms with Gasteiger partial charge in [0.1, 0.15) is 5.71 Å². The molecule has 1 aliphatic heterocycles. The van der Waals surface area contributed by atoms with Crippen LogP contribution >= 0.6 is 9.24 Å². The first kappa shape index (κ1) is 20.1. The van der Waals surface area contributed by atoms with Gasteiger partial charge in [0, 0.05) is 18.2 Å². The van der Waals surface area contributed by atoms with Gasteiger partial charge in [-0.1, -0.05) is 40.1 Å². The summed E-state index contributed by atoms with van der Waals surface area (Å²) in [5.74, 6) is -0.365. The molecule has 26 heavy (non-hydrogen) atoms.